The van der Waals surface area contributed by atoms with Crippen LogP contribution in [0.5, 0.6) is 0 Å². The fourth-order valence-electron chi connectivity index (χ4n) is 0.441. The van der Waals surface area contributed by atoms with E-state index in [2.05, 4.69) is 12.2 Å². The Morgan fingerprint density at radius 1 is 1.50 bits per heavy atom. The zero-order valence-corrected chi connectivity index (χ0v) is 5.24. The van der Waals surface area contributed by atoms with Crippen LogP contribution < -0.4 is 5.32 Å². The molecule has 0 amide bonds. The molecule has 0 spiro atoms. The Kier molecular flexibility index (Phi) is 6.32. The lowest BCUT2D eigenvalue weighted by atomic mass is 10.4. The lowest BCUT2D eigenvalue weighted by molar-refractivity contribution is 0.546. The van der Waals surface area contributed by atoms with Gasteiger partial charge in [-0.3, -0.25) is 4.79 Å². The molecule has 0 atom stereocenters. The van der Waals surface area contributed by atoms with Gasteiger partial charge in [-0.15, -0.1) is 0 Å². The van der Waals surface area contributed by atoms with E-state index < -0.39 is 0 Å². The zero-order valence-electron chi connectivity index (χ0n) is 5.24. The molecule has 0 saturated heterocycles. The molecular weight excluding hydrogens is 102 g/mol. The molecule has 0 fully saturated rings. The van der Waals surface area contributed by atoms with Gasteiger partial charge in [0.1, 0.15) is 0 Å². The molecule has 2 heteroatoms. The van der Waals surface area contributed by atoms with Crippen molar-refractivity contribution < 1.29 is 4.79 Å². The van der Waals surface area contributed by atoms with Gasteiger partial charge in [-0.25, -0.2) is 0 Å². The lowest BCUT2D eigenvalue weighted by Crippen LogP contribution is -2.15. The van der Waals surface area contributed by atoms with Crippen molar-refractivity contribution in [2.75, 3.05) is 13.1 Å². The van der Waals surface area contributed by atoms with Gasteiger partial charge in [0.05, 0.1) is 0 Å². The molecule has 0 unspecified atom stereocenters. The van der Waals surface area contributed by atoms with Crippen molar-refractivity contribution in [1.82, 2.24) is 5.32 Å². The largest absolute Gasteiger partial charge is 0.316 e. The van der Waals surface area contributed by atoms with E-state index in [1.807, 2.05) is 6.29 Å². The number of rotatable bonds is 5. The van der Waals surface area contributed by atoms with Gasteiger partial charge in [0.15, 0.2) is 6.29 Å². The zero-order chi connectivity index (χ0) is 6.24. The Morgan fingerprint density at radius 3 is 2.75 bits per heavy atom. The number of carbonyl (C=O) groups excluding carboxylic acids is 1. The lowest BCUT2D eigenvalue weighted by Gasteiger charge is -1.94. The average Bonchev–Trinajstić information content (AvgIpc) is 1.81. The molecule has 47 valence electrons. The second-order valence-corrected chi connectivity index (χ2v) is 1.64. The van der Waals surface area contributed by atoms with Gasteiger partial charge < -0.3 is 5.32 Å². The molecule has 1 N–H and O–H groups in total. The van der Waals surface area contributed by atoms with Crippen LogP contribution >= 0.6 is 0 Å². The first kappa shape index (κ1) is 7.63. The summed E-state index contributed by atoms with van der Waals surface area (Å²) in [5, 5.41) is 3.07. The van der Waals surface area contributed by atoms with Crippen LogP contribution in [0.15, 0.2) is 0 Å². The molecule has 0 rings (SSSR count). The predicted octanol–water partition coefficient (Wildman–Crippen LogP) is 0.486. The highest BCUT2D eigenvalue weighted by Crippen LogP contribution is 1.70. The third-order valence-electron chi connectivity index (χ3n) is 0.831. The minimum absolute atomic E-state index is 0.514. The molecule has 0 heterocycles. The summed E-state index contributed by atoms with van der Waals surface area (Å²) in [5.74, 6) is 0. The molecule has 8 heavy (non-hydrogen) atoms. The Labute approximate surface area is 50.3 Å². The molecule has 2 nitrogen and oxygen atoms in total. The van der Waals surface area contributed by atoms with Crippen LogP contribution in [0.2, 0.25) is 0 Å². The maximum atomic E-state index is 9.60. The topological polar surface area (TPSA) is 29.1 Å². The molecule has 0 aliphatic heterocycles. The number of nitrogens with one attached hydrogen (secondary N) is 1. The SMILES string of the molecule is CCCNCC[C]=O. The van der Waals surface area contributed by atoms with Crippen molar-refractivity contribution in [2.45, 2.75) is 19.8 Å². The molecule has 0 aromatic heterocycles. The summed E-state index contributed by atoms with van der Waals surface area (Å²) in [6, 6.07) is 0. The Morgan fingerprint density at radius 2 is 2.25 bits per heavy atom. The fraction of sp³-hybridized carbons (Fsp3) is 0.833. The maximum Gasteiger partial charge on any atom is 0.199 e. The number of hydrogen-bond donors (Lipinski definition) is 1. The summed E-state index contributed by atoms with van der Waals surface area (Å²) in [6.07, 6.45) is 3.45. The van der Waals surface area contributed by atoms with Gasteiger partial charge in [-0.2, -0.15) is 0 Å². The first-order chi connectivity index (χ1) is 3.91. The van der Waals surface area contributed by atoms with E-state index in [4.69, 9.17) is 0 Å². The predicted molar refractivity (Wildman–Crippen MR) is 33.5 cm³/mol. The average molecular weight is 114 g/mol. The minimum atomic E-state index is 0.514. The summed E-state index contributed by atoms with van der Waals surface area (Å²) < 4.78 is 0. The van der Waals surface area contributed by atoms with Gasteiger partial charge in [0.2, 0.25) is 0 Å². The second kappa shape index (κ2) is 6.63. The highest BCUT2D eigenvalue weighted by Gasteiger charge is 1.81. The summed E-state index contributed by atoms with van der Waals surface area (Å²) in [5.41, 5.74) is 0. The van der Waals surface area contributed by atoms with Crippen molar-refractivity contribution in [3.05, 3.63) is 0 Å². The molecule has 0 aromatic rings. The van der Waals surface area contributed by atoms with Crippen LogP contribution in [0.3, 0.4) is 0 Å². The Hall–Kier alpha value is -0.370. The molecule has 0 aliphatic rings. The Bertz CT molecular complexity index is 54.5. The molecular formula is C6H12NO. The van der Waals surface area contributed by atoms with Crippen LogP contribution in [-0.2, 0) is 4.79 Å². The van der Waals surface area contributed by atoms with Crippen molar-refractivity contribution in [3.63, 3.8) is 0 Å². The summed E-state index contributed by atoms with van der Waals surface area (Å²) >= 11 is 0. The highest BCUT2D eigenvalue weighted by atomic mass is 16.1. The van der Waals surface area contributed by atoms with Crippen LogP contribution in [0.25, 0.3) is 0 Å². The first-order valence-electron chi connectivity index (χ1n) is 2.97. The Balaban J connectivity index is 2.62. The quantitative estimate of drug-likeness (QED) is 0.527. The van der Waals surface area contributed by atoms with Crippen molar-refractivity contribution in [1.29, 1.82) is 0 Å². The van der Waals surface area contributed by atoms with Gasteiger partial charge >= 0.3 is 0 Å². The molecule has 0 saturated carbocycles. The van der Waals surface area contributed by atoms with E-state index in [0.717, 1.165) is 19.5 Å². The fourth-order valence-corrected chi connectivity index (χ4v) is 0.441. The van der Waals surface area contributed by atoms with Gasteiger partial charge in [-0.05, 0) is 13.0 Å². The van der Waals surface area contributed by atoms with E-state index in [1.54, 1.807) is 0 Å². The molecule has 0 aliphatic carbocycles. The van der Waals surface area contributed by atoms with Crippen LogP contribution in [0.4, 0.5) is 0 Å². The third kappa shape index (κ3) is 5.63. The van der Waals surface area contributed by atoms with E-state index in [-0.39, 0.29) is 0 Å². The van der Waals surface area contributed by atoms with Crippen LogP contribution in [0.1, 0.15) is 19.8 Å². The first-order valence-corrected chi connectivity index (χ1v) is 2.97. The summed E-state index contributed by atoms with van der Waals surface area (Å²) in [4.78, 5) is 9.60. The van der Waals surface area contributed by atoms with E-state index in [0.29, 0.717) is 6.42 Å². The smallest absolute Gasteiger partial charge is 0.199 e. The highest BCUT2D eigenvalue weighted by molar-refractivity contribution is 5.50. The van der Waals surface area contributed by atoms with Gasteiger partial charge in [0, 0.05) is 13.0 Å². The van der Waals surface area contributed by atoms with Gasteiger partial charge in [-0.1, -0.05) is 6.92 Å². The van der Waals surface area contributed by atoms with Crippen molar-refractivity contribution >= 4 is 6.29 Å². The molecule has 0 bridgehead atoms. The third-order valence-corrected chi connectivity index (χ3v) is 0.831. The molecule has 1 radical (unpaired) electrons. The number of hydrogen-bond acceptors (Lipinski definition) is 2. The van der Waals surface area contributed by atoms with Gasteiger partial charge in [0.25, 0.3) is 0 Å². The summed E-state index contributed by atoms with van der Waals surface area (Å²) in [6.45, 7) is 3.87. The normalized spacial score (nSPS) is 9.12. The van der Waals surface area contributed by atoms with E-state index >= 15 is 0 Å². The van der Waals surface area contributed by atoms with Crippen molar-refractivity contribution in [2.24, 2.45) is 0 Å². The summed E-state index contributed by atoms with van der Waals surface area (Å²) in [7, 11) is 0. The van der Waals surface area contributed by atoms with Crippen LogP contribution in [-0.4, -0.2) is 19.4 Å². The monoisotopic (exact) mass is 114 g/mol. The van der Waals surface area contributed by atoms with Crippen LogP contribution in [0, 0.1) is 0 Å². The van der Waals surface area contributed by atoms with E-state index in [9.17, 15) is 4.79 Å². The molecule has 0 aromatic carbocycles. The second-order valence-electron chi connectivity index (χ2n) is 1.64. The standard InChI is InChI=1S/C6H12NO/c1-2-4-7-5-3-6-8/h7H,2-5H2,1H3. The van der Waals surface area contributed by atoms with Crippen molar-refractivity contribution in [3.8, 4) is 0 Å². The maximum absolute atomic E-state index is 9.60. The minimum Gasteiger partial charge on any atom is -0.316 e. The van der Waals surface area contributed by atoms with E-state index in [1.165, 1.54) is 0 Å².